The maximum absolute atomic E-state index is 12.1. The first kappa shape index (κ1) is 23.0. The predicted octanol–water partition coefficient (Wildman–Crippen LogP) is 0.936. The maximum atomic E-state index is 12.1. The summed E-state index contributed by atoms with van der Waals surface area (Å²) in [7, 11) is 0. The van der Waals surface area contributed by atoms with Crippen molar-refractivity contribution in [3.63, 3.8) is 0 Å². The van der Waals surface area contributed by atoms with Crippen LogP contribution in [-0.2, 0) is 0 Å². The summed E-state index contributed by atoms with van der Waals surface area (Å²) in [5, 5.41) is 38.5. The molecule has 2 aliphatic rings. The SMILES string of the molecule is CC12CCCCC1N(C(=O)O)CCN(CCO)CCN(C(=O)O)CCN2C(=O)O. The van der Waals surface area contributed by atoms with E-state index in [1.54, 1.807) is 6.92 Å². The molecule has 1 saturated carbocycles. The smallest absolute Gasteiger partial charge is 0.407 e. The Kier molecular flexibility index (Phi) is 7.91. The van der Waals surface area contributed by atoms with Gasteiger partial charge < -0.3 is 30.2 Å². The van der Waals surface area contributed by atoms with Crippen molar-refractivity contribution in [3.8, 4) is 0 Å². The van der Waals surface area contributed by atoms with E-state index < -0.39 is 29.9 Å². The Morgan fingerprint density at radius 2 is 1.55 bits per heavy atom. The average molecular weight is 416 g/mol. The van der Waals surface area contributed by atoms with Crippen molar-refractivity contribution in [1.82, 2.24) is 19.6 Å². The first-order valence-electron chi connectivity index (χ1n) is 10.0. The van der Waals surface area contributed by atoms with E-state index in [0.29, 0.717) is 32.5 Å². The normalized spacial score (nSPS) is 27.5. The summed E-state index contributed by atoms with van der Waals surface area (Å²) in [6.45, 7) is 2.91. The van der Waals surface area contributed by atoms with Gasteiger partial charge in [0.05, 0.1) is 18.2 Å². The highest BCUT2D eigenvalue weighted by molar-refractivity contribution is 5.69. The molecule has 0 aromatic carbocycles. The number of hydrogen-bond donors (Lipinski definition) is 4. The Balaban J connectivity index is 2.41. The van der Waals surface area contributed by atoms with Crippen LogP contribution >= 0.6 is 0 Å². The van der Waals surface area contributed by atoms with Crippen molar-refractivity contribution < 1.29 is 34.8 Å². The number of hydrogen-bond acceptors (Lipinski definition) is 5. The van der Waals surface area contributed by atoms with Crippen LogP contribution in [0.3, 0.4) is 0 Å². The lowest BCUT2D eigenvalue weighted by molar-refractivity contribution is -0.0155. The lowest BCUT2D eigenvalue weighted by Crippen LogP contribution is -2.66. The summed E-state index contributed by atoms with van der Waals surface area (Å²) in [6, 6.07) is -0.515. The number of aliphatic hydroxyl groups is 1. The highest BCUT2D eigenvalue weighted by Gasteiger charge is 2.48. The van der Waals surface area contributed by atoms with Gasteiger partial charge in [-0.1, -0.05) is 12.8 Å². The zero-order valence-corrected chi connectivity index (χ0v) is 16.9. The minimum absolute atomic E-state index is 0.00395. The molecule has 1 aliphatic carbocycles. The van der Waals surface area contributed by atoms with Crippen LogP contribution < -0.4 is 0 Å². The van der Waals surface area contributed by atoms with Crippen LogP contribution in [0.1, 0.15) is 32.6 Å². The molecule has 11 nitrogen and oxygen atoms in total. The summed E-state index contributed by atoms with van der Waals surface area (Å²) in [4.78, 5) is 41.3. The minimum Gasteiger partial charge on any atom is -0.465 e. The van der Waals surface area contributed by atoms with E-state index >= 15 is 0 Å². The summed E-state index contributed by atoms with van der Waals surface area (Å²) < 4.78 is 0. The molecule has 2 atom stereocenters. The highest BCUT2D eigenvalue weighted by Crippen LogP contribution is 2.37. The Morgan fingerprint density at radius 3 is 2.14 bits per heavy atom. The van der Waals surface area contributed by atoms with Crippen molar-refractivity contribution in [2.24, 2.45) is 0 Å². The monoisotopic (exact) mass is 416 g/mol. The van der Waals surface area contributed by atoms with Gasteiger partial charge in [0.1, 0.15) is 0 Å². The maximum Gasteiger partial charge on any atom is 0.407 e. The fraction of sp³-hybridized carbons (Fsp3) is 0.833. The summed E-state index contributed by atoms with van der Waals surface area (Å²) >= 11 is 0. The van der Waals surface area contributed by atoms with Crippen molar-refractivity contribution in [2.75, 3.05) is 52.4 Å². The average Bonchev–Trinajstić information content (AvgIpc) is 2.63. The molecule has 3 amide bonds. The topological polar surface area (TPSA) is 145 Å². The van der Waals surface area contributed by atoms with Crippen LogP contribution in [0, 0.1) is 0 Å². The Bertz CT molecular complexity index is 605. The van der Waals surface area contributed by atoms with Crippen LogP contribution in [0.15, 0.2) is 0 Å². The predicted molar refractivity (Wildman–Crippen MR) is 103 cm³/mol. The first-order valence-corrected chi connectivity index (χ1v) is 10.0. The molecule has 0 bridgehead atoms. The number of fused-ring (bicyclic) bond motifs is 1. The van der Waals surface area contributed by atoms with E-state index in [9.17, 15) is 34.8 Å². The van der Waals surface area contributed by atoms with Crippen LogP contribution in [0.2, 0.25) is 0 Å². The second kappa shape index (κ2) is 9.97. The molecule has 166 valence electrons. The molecule has 29 heavy (non-hydrogen) atoms. The molecule has 2 unspecified atom stereocenters. The third kappa shape index (κ3) is 5.41. The fourth-order valence-corrected chi connectivity index (χ4v) is 4.57. The van der Waals surface area contributed by atoms with Gasteiger partial charge in [-0.05, 0) is 19.8 Å². The van der Waals surface area contributed by atoms with Crippen molar-refractivity contribution >= 4 is 18.3 Å². The number of amides is 3. The number of carboxylic acid groups (broad SMARTS) is 3. The summed E-state index contributed by atoms with van der Waals surface area (Å²) in [5.74, 6) is 0. The van der Waals surface area contributed by atoms with Gasteiger partial charge in [-0.3, -0.25) is 9.80 Å². The van der Waals surface area contributed by atoms with E-state index in [4.69, 9.17) is 0 Å². The highest BCUT2D eigenvalue weighted by atomic mass is 16.4. The molecule has 0 radical (unpaired) electrons. The summed E-state index contributed by atoms with van der Waals surface area (Å²) in [5.41, 5.74) is -0.937. The Labute approximate surface area is 170 Å². The van der Waals surface area contributed by atoms with Crippen LogP contribution in [0.4, 0.5) is 14.4 Å². The largest absolute Gasteiger partial charge is 0.465 e. The Morgan fingerprint density at radius 1 is 0.897 bits per heavy atom. The first-order chi connectivity index (χ1) is 13.7. The van der Waals surface area contributed by atoms with Gasteiger partial charge in [0.25, 0.3) is 0 Å². The van der Waals surface area contributed by atoms with E-state index in [1.165, 1.54) is 14.7 Å². The second-order valence-electron chi connectivity index (χ2n) is 7.86. The molecule has 1 heterocycles. The lowest BCUT2D eigenvalue weighted by atomic mass is 9.76. The van der Waals surface area contributed by atoms with Crippen LogP contribution in [0.5, 0.6) is 0 Å². The standard InChI is InChI=1S/C18H32N4O7/c1-18-5-3-2-4-14(18)21(16(26)27)10-7-19(12-13-23)6-8-20(15(24)25)9-11-22(18)17(28)29/h14,23H,2-13H2,1H3,(H,24,25)(H,26,27)(H,28,29). The summed E-state index contributed by atoms with van der Waals surface area (Å²) in [6.07, 6.45) is -0.747. The molecule has 0 aromatic heterocycles. The van der Waals surface area contributed by atoms with Crippen molar-refractivity contribution in [1.29, 1.82) is 0 Å². The minimum atomic E-state index is -1.17. The molecule has 0 aromatic rings. The number of β-amino-alcohol motifs (C(OH)–C–C–N with tert-alkyl or cyclic N) is 1. The third-order valence-electron chi connectivity index (χ3n) is 6.22. The molecule has 11 heteroatoms. The second-order valence-corrected chi connectivity index (χ2v) is 7.86. The van der Waals surface area contributed by atoms with Crippen LogP contribution in [-0.4, -0.2) is 122 Å². The number of rotatable bonds is 2. The molecular weight excluding hydrogens is 384 g/mol. The van der Waals surface area contributed by atoms with E-state index in [1.807, 2.05) is 4.90 Å². The fourth-order valence-electron chi connectivity index (χ4n) is 4.57. The van der Waals surface area contributed by atoms with E-state index in [-0.39, 0.29) is 32.8 Å². The quantitative estimate of drug-likeness (QED) is 0.520. The Hall–Kier alpha value is -2.27. The van der Waals surface area contributed by atoms with Gasteiger partial charge in [-0.25, -0.2) is 14.4 Å². The van der Waals surface area contributed by atoms with Crippen molar-refractivity contribution in [2.45, 2.75) is 44.2 Å². The molecule has 1 saturated heterocycles. The molecule has 2 fully saturated rings. The third-order valence-corrected chi connectivity index (χ3v) is 6.22. The van der Waals surface area contributed by atoms with Crippen LogP contribution in [0.25, 0.3) is 0 Å². The van der Waals surface area contributed by atoms with Gasteiger partial charge >= 0.3 is 18.3 Å². The molecule has 1 aliphatic heterocycles. The number of aliphatic hydroxyl groups excluding tert-OH is 1. The lowest BCUT2D eigenvalue weighted by Gasteiger charge is -2.51. The molecule has 2 rings (SSSR count). The zero-order valence-electron chi connectivity index (χ0n) is 16.9. The van der Waals surface area contributed by atoms with Gasteiger partial charge in [0.15, 0.2) is 0 Å². The van der Waals surface area contributed by atoms with Crippen molar-refractivity contribution in [3.05, 3.63) is 0 Å². The van der Waals surface area contributed by atoms with E-state index in [0.717, 1.165) is 12.8 Å². The van der Waals surface area contributed by atoms with Gasteiger partial charge in [0.2, 0.25) is 0 Å². The zero-order chi connectivity index (χ0) is 21.6. The van der Waals surface area contributed by atoms with Gasteiger partial charge in [-0.15, -0.1) is 0 Å². The van der Waals surface area contributed by atoms with Gasteiger partial charge in [-0.2, -0.15) is 0 Å². The number of nitrogens with zero attached hydrogens (tertiary/aromatic N) is 4. The molecule has 0 spiro atoms. The molecule has 4 N–H and O–H groups in total. The number of carbonyl (C=O) groups is 3. The molecular formula is C18H32N4O7. The van der Waals surface area contributed by atoms with E-state index in [2.05, 4.69) is 0 Å². The van der Waals surface area contributed by atoms with Gasteiger partial charge in [0, 0.05) is 45.8 Å².